The molecule has 5 nitrogen and oxygen atoms in total. The van der Waals surface area contributed by atoms with Crippen LogP contribution < -0.4 is 5.32 Å². The Balaban J connectivity index is 1.42. The fraction of sp³-hybridized carbons (Fsp3) is 0.500. The van der Waals surface area contributed by atoms with Crippen molar-refractivity contribution in [2.45, 2.75) is 39.2 Å². The van der Waals surface area contributed by atoms with Gasteiger partial charge in [0, 0.05) is 31.0 Å². The standard InChI is InChI=1S/C20H28N4O/c1-17-21-11-15-24(17)16-18-6-8-19(9-7-18)20(25)22-10-5-14-23-12-3-2-4-13-23/h6-9,11,15H,2-5,10,12-14,16H2,1H3,(H,22,25). The Morgan fingerprint density at radius 2 is 1.92 bits per heavy atom. The number of benzene rings is 1. The minimum Gasteiger partial charge on any atom is -0.352 e. The summed E-state index contributed by atoms with van der Waals surface area (Å²) in [5.74, 6) is 1.01. The second-order valence-corrected chi connectivity index (χ2v) is 6.81. The molecule has 2 heterocycles. The number of amides is 1. The fourth-order valence-electron chi connectivity index (χ4n) is 3.32. The first-order valence-electron chi connectivity index (χ1n) is 9.29. The van der Waals surface area contributed by atoms with Crippen LogP contribution in [0.4, 0.5) is 0 Å². The van der Waals surface area contributed by atoms with Crippen molar-refractivity contribution >= 4 is 5.91 Å². The van der Waals surface area contributed by atoms with Crippen molar-refractivity contribution in [3.05, 3.63) is 53.6 Å². The molecule has 0 unspecified atom stereocenters. The lowest BCUT2D eigenvalue weighted by Gasteiger charge is -2.26. The fourth-order valence-corrected chi connectivity index (χ4v) is 3.32. The van der Waals surface area contributed by atoms with Crippen LogP contribution in [0.25, 0.3) is 0 Å². The summed E-state index contributed by atoms with van der Waals surface area (Å²) in [7, 11) is 0. The molecule has 5 heteroatoms. The van der Waals surface area contributed by atoms with Crippen LogP contribution in [0.2, 0.25) is 0 Å². The number of hydrogen-bond donors (Lipinski definition) is 1. The molecule has 1 saturated heterocycles. The van der Waals surface area contributed by atoms with Gasteiger partial charge in [0.15, 0.2) is 0 Å². The monoisotopic (exact) mass is 340 g/mol. The Hall–Kier alpha value is -2.14. The SMILES string of the molecule is Cc1nccn1Cc1ccc(C(=O)NCCCN2CCCCC2)cc1. The molecule has 1 aliphatic heterocycles. The smallest absolute Gasteiger partial charge is 0.251 e. The van der Waals surface area contributed by atoms with Crippen LogP contribution in [0.3, 0.4) is 0 Å². The zero-order valence-corrected chi connectivity index (χ0v) is 15.1. The van der Waals surface area contributed by atoms with E-state index in [1.54, 1.807) is 6.20 Å². The van der Waals surface area contributed by atoms with E-state index in [1.165, 1.54) is 37.9 Å². The number of aromatic nitrogens is 2. The van der Waals surface area contributed by atoms with Crippen LogP contribution in [-0.2, 0) is 6.54 Å². The number of carbonyl (C=O) groups is 1. The first-order valence-corrected chi connectivity index (χ1v) is 9.29. The van der Waals surface area contributed by atoms with Gasteiger partial charge in [-0.05, 0) is 63.5 Å². The molecule has 1 amide bonds. The number of imidazole rings is 1. The van der Waals surface area contributed by atoms with Gasteiger partial charge >= 0.3 is 0 Å². The number of likely N-dealkylation sites (tertiary alicyclic amines) is 1. The molecule has 1 aromatic carbocycles. The second-order valence-electron chi connectivity index (χ2n) is 6.81. The van der Waals surface area contributed by atoms with E-state index in [9.17, 15) is 4.79 Å². The van der Waals surface area contributed by atoms with Gasteiger partial charge in [-0.2, -0.15) is 0 Å². The quantitative estimate of drug-likeness (QED) is 0.789. The molecule has 1 fully saturated rings. The van der Waals surface area contributed by atoms with Crippen molar-refractivity contribution in [1.82, 2.24) is 19.8 Å². The van der Waals surface area contributed by atoms with Crippen molar-refractivity contribution < 1.29 is 4.79 Å². The molecule has 1 aliphatic rings. The summed E-state index contributed by atoms with van der Waals surface area (Å²) in [5.41, 5.74) is 1.90. The minimum atomic E-state index is 0.0176. The van der Waals surface area contributed by atoms with Crippen molar-refractivity contribution in [3.8, 4) is 0 Å². The lowest BCUT2D eigenvalue weighted by molar-refractivity contribution is 0.0951. The molecule has 0 atom stereocenters. The zero-order valence-electron chi connectivity index (χ0n) is 15.1. The summed E-state index contributed by atoms with van der Waals surface area (Å²) in [6, 6.07) is 7.84. The van der Waals surface area contributed by atoms with E-state index >= 15 is 0 Å². The predicted molar refractivity (Wildman–Crippen MR) is 99.7 cm³/mol. The molecule has 0 spiro atoms. The third-order valence-corrected chi connectivity index (χ3v) is 4.88. The summed E-state index contributed by atoms with van der Waals surface area (Å²) >= 11 is 0. The molecule has 1 N–H and O–H groups in total. The lowest BCUT2D eigenvalue weighted by atomic mass is 10.1. The molecule has 25 heavy (non-hydrogen) atoms. The number of nitrogens with zero attached hydrogens (tertiary/aromatic N) is 3. The van der Waals surface area contributed by atoms with E-state index < -0.39 is 0 Å². The van der Waals surface area contributed by atoms with Gasteiger partial charge in [0.1, 0.15) is 5.82 Å². The van der Waals surface area contributed by atoms with Crippen LogP contribution in [0, 0.1) is 6.92 Å². The van der Waals surface area contributed by atoms with Crippen LogP contribution in [0.5, 0.6) is 0 Å². The molecule has 0 aliphatic carbocycles. The van der Waals surface area contributed by atoms with Crippen LogP contribution in [0.15, 0.2) is 36.7 Å². The maximum atomic E-state index is 12.2. The summed E-state index contributed by atoms with van der Waals surface area (Å²) < 4.78 is 2.09. The number of aryl methyl sites for hydroxylation is 1. The third-order valence-electron chi connectivity index (χ3n) is 4.88. The van der Waals surface area contributed by atoms with Gasteiger partial charge in [-0.1, -0.05) is 18.6 Å². The number of rotatable bonds is 7. The van der Waals surface area contributed by atoms with E-state index in [2.05, 4.69) is 19.8 Å². The highest BCUT2D eigenvalue weighted by Crippen LogP contribution is 2.09. The number of carbonyl (C=O) groups excluding carboxylic acids is 1. The molecule has 1 aromatic heterocycles. The third kappa shape index (κ3) is 5.16. The van der Waals surface area contributed by atoms with E-state index in [1.807, 2.05) is 37.4 Å². The molecule has 0 saturated carbocycles. The van der Waals surface area contributed by atoms with Crippen molar-refractivity contribution in [2.24, 2.45) is 0 Å². The Labute approximate surface area is 150 Å². The minimum absolute atomic E-state index is 0.0176. The van der Waals surface area contributed by atoms with Crippen LogP contribution in [0.1, 0.15) is 47.4 Å². The summed E-state index contributed by atoms with van der Waals surface area (Å²) in [5, 5.41) is 3.03. The van der Waals surface area contributed by atoms with Crippen molar-refractivity contribution in [2.75, 3.05) is 26.2 Å². The van der Waals surface area contributed by atoms with Gasteiger partial charge in [0.2, 0.25) is 0 Å². The second kappa shape index (κ2) is 8.81. The highest BCUT2D eigenvalue weighted by atomic mass is 16.1. The van der Waals surface area contributed by atoms with Gasteiger partial charge in [-0.3, -0.25) is 4.79 Å². The molecule has 0 radical (unpaired) electrons. The van der Waals surface area contributed by atoms with Gasteiger partial charge in [-0.15, -0.1) is 0 Å². The number of piperidine rings is 1. The predicted octanol–water partition coefficient (Wildman–Crippen LogP) is 2.85. The van der Waals surface area contributed by atoms with Crippen LogP contribution >= 0.6 is 0 Å². The molecule has 3 rings (SSSR count). The first-order chi connectivity index (χ1) is 12.2. The molecule has 2 aromatic rings. The Morgan fingerprint density at radius 1 is 1.16 bits per heavy atom. The molecule has 0 bridgehead atoms. The normalized spacial score (nSPS) is 15.2. The van der Waals surface area contributed by atoms with Gasteiger partial charge in [-0.25, -0.2) is 4.98 Å². The van der Waals surface area contributed by atoms with E-state index in [0.717, 1.165) is 37.4 Å². The Morgan fingerprint density at radius 3 is 2.60 bits per heavy atom. The molecule has 134 valence electrons. The zero-order chi connectivity index (χ0) is 17.5. The van der Waals surface area contributed by atoms with Gasteiger partial charge in [0.25, 0.3) is 5.91 Å². The maximum Gasteiger partial charge on any atom is 0.251 e. The van der Waals surface area contributed by atoms with Crippen molar-refractivity contribution in [3.63, 3.8) is 0 Å². The first kappa shape index (κ1) is 17.7. The van der Waals surface area contributed by atoms with E-state index in [4.69, 9.17) is 0 Å². The number of nitrogens with one attached hydrogen (secondary N) is 1. The average Bonchev–Trinajstić information content (AvgIpc) is 3.05. The summed E-state index contributed by atoms with van der Waals surface area (Å²) in [6.45, 7) is 7.03. The highest BCUT2D eigenvalue weighted by Gasteiger charge is 2.10. The Kier molecular flexibility index (Phi) is 6.23. The molecular formula is C20H28N4O. The topological polar surface area (TPSA) is 50.2 Å². The highest BCUT2D eigenvalue weighted by molar-refractivity contribution is 5.94. The largest absolute Gasteiger partial charge is 0.352 e. The summed E-state index contributed by atoms with van der Waals surface area (Å²) in [6.07, 6.45) is 8.79. The van der Waals surface area contributed by atoms with E-state index in [0.29, 0.717) is 0 Å². The Bertz CT molecular complexity index is 671. The van der Waals surface area contributed by atoms with E-state index in [-0.39, 0.29) is 5.91 Å². The van der Waals surface area contributed by atoms with Gasteiger partial charge in [0.05, 0.1) is 0 Å². The maximum absolute atomic E-state index is 12.2. The van der Waals surface area contributed by atoms with Crippen molar-refractivity contribution in [1.29, 1.82) is 0 Å². The number of hydrogen-bond acceptors (Lipinski definition) is 3. The molecular weight excluding hydrogens is 312 g/mol. The lowest BCUT2D eigenvalue weighted by Crippen LogP contribution is -2.33. The van der Waals surface area contributed by atoms with Gasteiger partial charge < -0.3 is 14.8 Å². The summed E-state index contributed by atoms with van der Waals surface area (Å²) in [4.78, 5) is 19.0. The average molecular weight is 340 g/mol. The van der Waals surface area contributed by atoms with Crippen LogP contribution in [-0.4, -0.2) is 46.5 Å².